The molecule has 2 aromatic rings. The van der Waals surface area contributed by atoms with Crippen molar-refractivity contribution < 1.29 is 34.1 Å². The van der Waals surface area contributed by atoms with Crippen LogP contribution in [-0.2, 0) is 16.0 Å². The minimum absolute atomic E-state index is 0.0647. The third-order valence-electron chi connectivity index (χ3n) is 7.58. The molecule has 0 bridgehead atoms. The first kappa shape index (κ1) is 23.8. The fourth-order valence-corrected chi connectivity index (χ4v) is 6.10. The van der Waals surface area contributed by atoms with E-state index in [1.54, 1.807) is 20.2 Å². The van der Waals surface area contributed by atoms with E-state index in [-0.39, 0.29) is 35.6 Å². The number of oxazole rings is 1. The normalized spacial score (nSPS) is 27.9. The number of amides is 1. The van der Waals surface area contributed by atoms with Crippen LogP contribution < -0.4 is 16.4 Å². The van der Waals surface area contributed by atoms with Crippen molar-refractivity contribution in [2.24, 2.45) is 17.6 Å². The Kier molecular flexibility index (Phi) is 4.99. The Bertz CT molecular complexity index is 1440. The number of nitrogens with two attached hydrogens (primary N) is 2. The second-order valence-corrected chi connectivity index (χ2v) is 10.0. The number of anilines is 2. The lowest BCUT2D eigenvalue weighted by Gasteiger charge is -2.50. The number of nitrogen functional groups attached to an aromatic ring is 1. The number of benzene rings is 1. The van der Waals surface area contributed by atoms with Crippen LogP contribution in [0.4, 0.5) is 11.7 Å². The molecule has 1 amide bonds. The highest BCUT2D eigenvalue weighted by atomic mass is 16.4. The molecule has 12 heteroatoms. The number of carbonyl (C=O) groups excluding carboxylic acids is 3. The average Bonchev–Trinajstić information content (AvgIpc) is 3.14. The molecule has 0 spiro atoms. The van der Waals surface area contributed by atoms with Gasteiger partial charge in [0.05, 0.1) is 11.6 Å². The number of hydrogen-bond donors (Lipinski definition) is 5. The summed E-state index contributed by atoms with van der Waals surface area (Å²) in [5, 5.41) is 33.9. The number of aromatic nitrogens is 1. The van der Waals surface area contributed by atoms with Gasteiger partial charge < -0.3 is 36.1 Å². The van der Waals surface area contributed by atoms with E-state index in [1.165, 1.54) is 4.90 Å². The highest BCUT2D eigenvalue weighted by Gasteiger charge is 2.63. The number of ketones is 2. The van der Waals surface area contributed by atoms with Gasteiger partial charge in [-0.3, -0.25) is 19.3 Å². The van der Waals surface area contributed by atoms with Gasteiger partial charge in [-0.25, -0.2) is 0 Å². The van der Waals surface area contributed by atoms with E-state index >= 15 is 0 Å². The zero-order chi connectivity index (χ0) is 26.4. The van der Waals surface area contributed by atoms with Gasteiger partial charge in [-0.2, -0.15) is 4.98 Å². The van der Waals surface area contributed by atoms with Gasteiger partial charge in [-0.05, 0) is 44.5 Å². The minimum Gasteiger partial charge on any atom is -0.510 e. The summed E-state index contributed by atoms with van der Waals surface area (Å²) in [5.41, 5.74) is 9.52. The maximum atomic E-state index is 13.9. The monoisotopic (exact) mass is 497 g/mol. The van der Waals surface area contributed by atoms with Gasteiger partial charge in [0.15, 0.2) is 17.0 Å². The quantitative estimate of drug-likeness (QED) is 0.363. The third-order valence-corrected chi connectivity index (χ3v) is 7.58. The zero-order valence-electron chi connectivity index (χ0n) is 20.2. The molecule has 190 valence electrons. The summed E-state index contributed by atoms with van der Waals surface area (Å²) in [7, 11) is 6.83. The summed E-state index contributed by atoms with van der Waals surface area (Å²) >= 11 is 0. The molecule has 0 saturated carbocycles. The smallest absolute Gasteiger partial charge is 0.293 e. The molecule has 1 aromatic heterocycles. The van der Waals surface area contributed by atoms with Gasteiger partial charge in [0.2, 0.25) is 5.78 Å². The lowest BCUT2D eigenvalue weighted by Crippen LogP contribution is -2.63. The summed E-state index contributed by atoms with van der Waals surface area (Å²) in [6, 6.07) is 0.608. The summed E-state index contributed by atoms with van der Waals surface area (Å²) < 4.78 is 5.54. The molecule has 0 saturated heterocycles. The van der Waals surface area contributed by atoms with Crippen LogP contribution in [0.5, 0.6) is 0 Å². The lowest BCUT2D eigenvalue weighted by molar-refractivity contribution is -0.148. The number of rotatable bonds is 3. The molecule has 0 fully saturated rings. The molecule has 36 heavy (non-hydrogen) atoms. The predicted octanol–water partition coefficient (Wildman–Crippen LogP) is 0.204. The van der Waals surface area contributed by atoms with Crippen LogP contribution in [0.15, 0.2) is 33.1 Å². The fraction of sp³-hybridized carbons (Fsp3) is 0.417. The number of aliphatic hydroxyl groups is 3. The summed E-state index contributed by atoms with van der Waals surface area (Å²) in [5.74, 6) is -6.19. The standard InChI is InChI=1S/C24H27N5O7/c1-28(2)12-7-11-19(36-23(26)27-11)14-9(12)5-8-6-10-16(29(3)4)18(31)15(22(25)34)21(33)24(10,35)20(32)13(8)17(14)30/h7-8,10,16,31-32,35H,5-6H2,1-4H3,(H2,25,34)(H2,26,27)/t8-,10-,16-,24-/m0/s1. The highest BCUT2D eigenvalue weighted by Crippen LogP contribution is 2.53. The first-order valence-electron chi connectivity index (χ1n) is 11.3. The third kappa shape index (κ3) is 2.88. The lowest BCUT2D eigenvalue weighted by atomic mass is 9.58. The van der Waals surface area contributed by atoms with Crippen molar-refractivity contribution in [3.8, 4) is 0 Å². The second-order valence-electron chi connectivity index (χ2n) is 10.0. The summed E-state index contributed by atoms with van der Waals surface area (Å²) in [4.78, 5) is 46.9. The van der Waals surface area contributed by atoms with Gasteiger partial charge in [0, 0.05) is 31.3 Å². The highest BCUT2D eigenvalue weighted by molar-refractivity contribution is 6.25. The van der Waals surface area contributed by atoms with Gasteiger partial charge in [0.1, 0.15) is 22.6 Å². The van der Waals surface area contributed by atoms with Crippen molar-refractivity contribution in [1.82, 2.24) is 9.88 Å². The van der Waals surface area contributed by atoms with Gasteiger partial charge in [-0.1, -0.05) is 0 Å². The number of Topliss-reactive ketones (excluding diaryl/α,β-unsaturated/α-hetero) is 2. The summed E-state index contributed by atoms with van der Waals surface area (Å²) in [6.45, 7) is 0. The predicted molar refractivity (Wildman–Crippen MR) is 128 cm³/mol. The molecule has 1 heterocycles. The van der Waals surface area contributed by atoms with Crippen LogP contribution in [0.1, 0.15) is 22.3 Å². The first-order valence-corrected chi connectivity index (χ1v) is 11.3. The number of allylic oxidation sites excluding steroid dienone is 1. The Hall–Kier alpha value is -3.90. The molecule has 3 aliphatic carbocycles. The molecule has 0 radical (unpaired) electrons. The molecule has 12 nitrogen and oxygen atoms in total. The van der Waals surface area contributed by atoms with Crippen molar-refractivity contribution in [1.29, 1.82) is 0 Å². The van der Waals surface area contributed by atoms with E-state index in [9.17, 15) is 29.7 Å². The number of fused-ring (bicyclic) bond motifs is 5. The van der Waals surface area contributed by atoms with Crippen molar-refractivity contribution >= 4 is 40.3 Å². The van der Waals surface area contributed by atoms with Crippen molar-refractivity contribution in [2.45, 2.75) is 24.5 Å². The molecule has 4 atom stereocenters. The Labute approximate surface area is 205 Å². The van der Waals surface area contributed by atoms with Crippen LogP contribution in [0, 0.1) is 11.8 Å². The molecule has 0 unspecified atom stereocenters. The van der Waals surface area contributed by atoms with E-state index < -0.39 is 58.0 Å². The fourth-order valence-electron chi connectivity index (χ4n) is 6.10. The maximum Gasteiger partial charge on any atom is 0.293 e. The van der Waals surface area contributed by atoms with Crippen LogP contribution in [-0.4, -0.2) is 82.5 Å². The van der Waals surface area contributed by atoms with Gasteiger partial charge in [0.25, 0.3) is 11.9 Å². The Balaban J connectivity index is 1.78. The Morgan fingerprint density at radius 1 is 1.22 bits per heavy atom. The summed E-state index contributed by atoms with van der Waals surface area (Å²) in [6.07, 6.45) is 0.341. The molecule has 5 rings (SSSR count). The zero-order valence-corrected chi connectivity index (χ0v) is 20.2. The largest absolute Gasteiger partial charge is 0.510 e. The van der Waals surface area contributed by atoms with Crippen molar-refractivity contribution in [2.75, 3.05) is 38.8 Å². The number of likely N-dealkylation sites (N-methyl/N-ethyl adjacent to an activating group) is 1. The van der Waals surface area contributed by atoms with E-state index in [2.05, 4.69) is 4.98 Å². The van der Waals surface area contributed by atoms with E-state index in [0.29, 0.717) is 16.8 Å². The molecule has 7 N–H and O–H groups in total. The van der Waals surface area contributed by atoms with Gasteiger partial charge in [-0.15, -0.1) is 0 Å². The van der Waals surface area contributed by atoms with Crippen molar-refractivity contribution in [3.05, 3.63) is 39.9 Å². The number of aliphatic hydroxyl groups excluding tert-OH is 2. The Morgan fingerprint density at radius 2 is 1.89 bits per heavy atom. The second kappa shape index (κ2) is 7.55. The van der Waals surface area contributed by atoms with E-state index in [1.807, 2.05) is 19.0 Å². The first-order chi connectivity index (χ1) is 16.8. The maximum absolute atomic E-state index is 13.9. The van der Waals surface area contributed by atoms with E-state index in [4.69, 9.17) is 15.9 Å². The van der Waals surface area contributed by atoms with Crippen LogP contribution in [0.3, 0.4) is 0 Å². The SMILES string of the molecule is CN(C)c1cc2nc(N)oc2c2c1C[C@H]1C[C@H]3[C@H](N(C)C)C(O)=C(C(N)=O)C(=O)[C@@]3(O)C(O)=C1C2=O. The number of nitrogens with zero attached hydrogens (tertiary/aromatic N) is 3. The molecule has 1 aromatic carbocycles. The molecule has 0 aliphatic heterocycles. The van der Waals surface area contributed by atoms with Crippen LogP contribution in [0.25, 0.3) is 11.1 Å². The molecular formula is C24H27N5O7. The topological polar surface area (TPSA) is 196 Å². The average molecular weight is 498 g/mol. The van der Waals surface area contributed by atoms with Crippen LogP contribution >= 0.6 is 0 Å². The number of carbonyl (C=O) groups is 3. The number of primary amides is 1. The van der Waals surface area contributed by atoms with Crippen molar-refractivity contribution in [3.63, 3.8) is 0 Å². The van der Waals surface area contributed by atoms with Gasteiger partial charge >= 0.3 is 0 Å². The van der Waals surface area contributed by atoms with E-state index in [0.717, 1.165) is 0 Å². The minimum atomic E-state index is -2.64. The number of hydrogen-bond acceptors (Lipinski definition) is 11. The molecular weight excluding hydrogens is 470 g/mol. The Morgan fingerprint density at radius 3 is 2.47 bits per heavy atom. The molecule has 3 aliphatic rings. The van der Waals surface area contributed by atoms with Crippen LogP contribution in [0.2, 0.25) is 0 Å².